The summed E-state index contributed by atoms with van der Waals surface area (Å²) < 4.78 is 36.3. The fraction of sp³-hybridized carbons (Fsp3) is 0.182. The molecule has 1 heterocycles. The van der Waals surface area contributed by atoms with E-state index in [2.05, 4.69) is 5.32 Å². The molecule has 2 nitrogen and oxygen atoms in total. The number of rotatable bonds is 4. The Hall–Kier alpha value is -0.700. The van der Waals surface area contributed by atoms with E-state index in [-0.39, 0.29) is 26.4 Å². The van der Waals surface area contributed by atoms with Crippen molar-refractivity contribution in [3.8, 4) is 0 Å². The summed E-state index contributed by atoms with van der Waals surface area (Å²) >= 11 is 5.64. The Bertz CT molecular complexity index is 636. The molecule has 20 heavy (non-hydrogen) atoms. The van der Waals surface area contributed by atoms with E-state index < -0.39 is 5.51 Å². The first-order valence-electron chi connectivity index (χ1n) is 5.22. The van der Waals surface area contributed by atoms with Gasteiger partial charge in [-0.3, -0.25) is 4.79 Å². The number of anilines is 1. The Labute approximate surface area is 129 Å². The molecule has 0 atom stereocenters. The normalized spacial score (nSPS) is 11.6. The molecule has 0 unspecified atom stereocenters. The number of halogens is 4. The predicted molar refractivity (Wildman–Crippen MR) is 79.2 cm³/mol. The van der Waals surface area contributed by atoms with Crippen LogP contribution < -0.4 is 10.1 Å². The van der Waals surface area contributed by atoms with Crippen molar-refractivity contribution in [1.29, 1.82) is 0 Å². The highest BCUT2D eigenvalue weighted by Gasteiger charge is 2.28. The minimum Gasteiger partial charge on any atom is -0.371 e. The van der Waals surface area contributed by atoms with E-state index in [0.717, 1.165) is 15.9 Å². The number of alkyl halides is 3. The largest absolute Gasteiger partial charge is 0.446 e. The van der Waals surface area contributed by atoms with Gasteiger partial charge in [-0.2, -0.15) is 13.2 Å². The van der Waals surface area contributed by atoms with Crippen LogP contribution >= 0.6 is 44.0 Å². The fourth-order valence-electron chi connectivity index (χ4n) is 1.34. The summed E-state index contributed by atoms with van der Waals surface area (Å²) in [6.07, 6.45) is 0. The first-order chi connectivity index (χ1) is 9.35. The second kappa shape index (κ2) is 6.38. The Kier molecular flexibility index (Phi) is 5.00. The minimum absolute atomic E-state index is 0.138. The number of thioether (sulfide) groups is 1. The Morgan fingerprint density at radius 3 is 2.35 bits per heavy atom. The molecule has 2 rings (SSSR count). The summed E-state index contributed by atoms with van der Waals surface area (Å²) in [5.74, 6) is 0. The molecular weight excluding hydrogens is 351 g/mol. The predicted octanol–water partition coefficient (Wildman–Crippen LogP) is 5.05. The summed E-state index contributed by atoms with van der Waals surface area (Å²) in [6.45, 7) is 0.392. The third kappa shape index (κ3) is 4.41. The molecule has 0 fully saturated rings. The molecule has 0 aliphatic heterocycles. The zero-order chi connectivity index (χ0) is 14.8. The molecule has 2 aromatic rings. The summed E-state index contributed by atoms with van der Waals surface area (Å²) in [6, 6.07) is 6.02. The third-order valence-electron chi connectivity index (χ3n) is 2.19. The van der Waals surface area contributed by atoms with Gasteiger partial charge in [-0.25, -0.2) is 0 Å². The highest BCUT2D eigenvalue weighted by molar-refractivity contribution is 8.00. The summed E-state index contributed by atoms with van der Waals surface area (Å²) in [7, 11) is 2.28. The van der Waals surface area contributed by atoms with Crippen LogP contribution in [0.4, 0.5) is 18.2 Å². The van der Waals surface area contributed by atoms with Crippen LogP contribution in [-0.4, -0.2) is 5.51 Å². The van der Waals surface area contributed by atoms with Gasteiger partial charge in [0.05, 0.1) is 0 Å². The fourth-order valence-corrected chi connectivity index (χ4v) is 4.31. The van der Waals surface area contributed by atoms with Crippen LogP contribution in [0.3, 0.4) is 0 Å². The van der Waals surface area contributed by atoms with Crippen LogP contribution in [0, 0.1) is 0 Å². The van der Waals surface area contributed by atoms with Crippen molar-refractivity contribution in [1.82, 2.24) is 0 Å². The second-order valence-electron chi connectivity index (χ2n) is 3.64. The lowest BCUT2D eigenvalue weighted by molar-refractivity contribution is -0.0328. The van der Waals surface area contributed by atoms with Crippen LogP contribution in [0.25, 0.3) is 0 Å². The second-order valence-corrected chi connectivity index (χ2v) is 7.27. The molecule has 108 valence electrons. The van der Waals surface area contributed by atoms with Crippen molar-refractivity contribution in [2.24, 2.45) is 0 Å². The van der Waals surface area contributed by atoms with Gasteiger partial charge < -0.3 is 5.32 Å². The molecule has 1 aromatic carbocycles. The molecule has 0 amide bonds. The van der Waals surface area contributed by atoms with Crippen molar-refractivity contribution in [2.75, 3.05) is 5.32 Å². The minimum atomic E-state index is -4.28. The molecule has 1 aromatic heterocycles. The summed E-state index contributed by atoms with van der Waals surface area (Å²) in [5, 5.41) is 3.72. The molecule has 0 saturated heterocycles. The zero-order valence-corrected chi connectivity index (χ0v) is 12.9. The van der Waals surface area contributed by atoms with Gasteiger partial charge in [0.15, 0.2) is 0 Å². The van der Waals surface area contributed by atoms with Gasteiger partial charge in [-0.1, -0.05) is 34.1 Å². The monoisotopic (exact) mass is 357 g/mol. The van der Waals surface area contributed by atoms with Gasteiger partial charge >= 0.3 is 5.51 Å². The summed E-state index contributed by atoms with van der Waals surface area (Å²) in [5.41, 5.74) is -3.48. The van der Waals surface area contributed by atoms with E-state index in [4.69, 9.17) is 11.6 Å². The van der Waals surface area contributed by atoms with Crippen LogP contribution in [0.5, 0.6) is 0 Å². The lowest BCUT2D eigenvalue weighted by Gasteiger charge is -2.07. The number of hydrogen-bond acceptors (Lipinski definition) is 5. The van der Waals surface area contributed by atoms with Crippen LogP contribution in [0.15, 0.2) is 34.0 Å². The van der Waals surface area contributed by atoms with Crippen molar-refractivity contribution in [3.63, 3.8) is 0 Å². The van der Waals surface area contributed by atoms with Crippen LogP contribution in [0.2, 0.25) is 5.02 Å². The maximum Gasteiger partial charge on any atom is 0.446 e. The van der Waals surface area contributed by atoms with E-state index in [0.29, 0.717) is 11.5 Å². The topological polar surface area (TPSA) is 29.1 Å². The van der Waals surface area contributed by atoms with E-state index >= 15 is 0 Å². The van der Waals surface area contributed by atoms with E-state index in [1.54, 1.807) is 12.1 Å². The maximum atomic E-state index is 12.2. The van der Waals surface area contributed by atoms with Gasteiger partial charge in [0, 0.05) is 11.4 Å². The van der Waals surface area contributed by atoms with Gasteiger partial charge in [-0.15, -0.1) is 0 Å². The highest BCUT2D eigenvalue weighted by Crippen LogP contribution is 2.36. The SMILES string of the molecule is O=c1ssc(NCc2ccc(SC(F)(F)F)cc2)c1Cl. The number of hydrogen-bond donors (Lipinski definition) is 1. The molecule has 0 aliphatic carbocycles. The standard InChI is InChI=1S/C11H7ClF3NOS3/c12-8-9(19-20-10(8)17)16-5-6-1-3-7(4-2-6)18-11(13,14)15/h1-4,16H,5H2. The van der Waals surface area contributed by atoms with Crippen LogP contribution in [-0.2, 0) is 6.54 Å². The molecule has 0 aliphatic rings. The van der Waals surface area contributed by atoms with E-state index in [1.165, 1.54) is 22.5 Å². The lowest BCUT2D eigenvalue weighted by atomic mass is 10.2. The van der Waals surface area contributed by atoms with Crippen molar-refractivity contribution in [3.05, 3.63) is 44.4 Å². The first kappa shape index (κ1) is 15.7. The lowest BCUT2D eigenvalue weighted by Crippen LogP contribution is -2.01. The van der Waals surface area contributed by atoms with Crippen molar-refractivity contribution < 1.29 is 13.2 Å². The van der Waals surface area contributed by atoms with Crippen molar-refractivity contribution >= 4 is 49.0 Å². The average Bonchev–Trinajstić information content (AvgIpc) is 2.68. The zero-order valence-electron chi connectivity index (χ0n) is 9.66. The van der Waals surface area contributed by atoms with Crippen molar-refractivity contribution in [2.45, 2.75) is 16.9 Å². The number of nitrogens with one attached hydrogen (secondary N) is 1. The number of benzene rings is 1. The molecule has 0 radical (unpaired) electrons. The average molecular weight is 358 g/mol. The van der Waals surface area contributed by atoms with E-state index in [1.807, 2.05) is 0 Å². The van der Waals surface area contributed by atoms with E-state index in [9.17, 15) is 18.0 Å². The van der Waals surface area contributed by atoms with Gasteiger partial charge in [-0.05, 0) is 39.8 Å². The van der Waals surface area contributed by atoms with Gasteiger partial charge in [0.2, 0.25) is 0 Å². The maximum absolute atomic E-state index is 12.2. The molecule has 0 saturated carbocycles. The molecular formula is C11H7ClF3NOS3. The first-order valence-corrected chi connectivity index (χ1v) is 8.57. The summed E-state index contributed by atoms with van der Waals surface area (Å²) in [4.78, 5) is 11.3. The Morgan fingerprint density at radius 2 is 1.85 bits per heavy atom. The Morgan fingerprint density at radius 1 is 1.20 bits per heavy atom. The third-order valence-corrected chi connectivity index (χ3v) is 5.67. The molecule has 9 heteroatoms. The quantitative estimate of drug-likeness (QED) is 0.613. The smallest absolute Gasteiger partial charge is 0.371 e. The van der Waals surface area contributed by atoms with Gasteiger partial charge in [0.1, 0.15) is 10.0 Å². The Balaban J connectivity index is 1.97. The molecule has 0 spiro atoms. The highest BCUT2D eigenvalue weighted by atomic mass is 35.5. The van der Waals surface area contributed by atoms with Crippen LogP contribution in [0.1, 0.15) is 5.56 Å². The molecule has 0 bridgehead atoms. The molecule has 1 N–H and O–H groups in total. The van der Waals surface area contributed by atoms with Gasteiger partial charge in [0.25, 0.3) is 4.74 Å².